The number of hydrogen-bond acceptors (Lipinski definition) is 3. The zero-order valence-electron chi connectivity index (χ0n) is 11.8. The second-order valence-electron chi connectivity index (χ2n) is 5.38. The first-order valence-corrected chi connectivity index (χ1v) is 6.75. The third-order valence-electron chi connectivity index (χ3n) is 2.31. The van der Waals surface area contributed by atoms with Gasteiger partial charge in [-0.3, -0.25) is 4.79 Å². The summed E-state index contributed by atoms with van der Waals surface area (Å²) in [5.41, 5.74) is -0.0911. The van der Waals surface area contributed by atoms with E-state index in [-0.39, 0.29) is 5.91 Å². The Morgan fingerprint density at radius 1 is 1.42 bits per heavy atom. The molecule has 1 rings (SSSR count). The van der Waals surface area contributed by atoms with Gasteiger partial charge in [-0.15, -0.1) is 0 Å². The summed E-state index contributed by atoms with van der Waals surface area (Å²) in [6.07, 6.45) is 1.77. The number of carbonyl (C=O) groups excluding carboxylic acids is 2. The summed E-state index contributed by atoms with van der Waals surface area (Å²) < 4.78 is 7.69. The number of nitrogens with zero attached hydrogens (tertiary/aromatic N) is 1. The van der Waals surface area contributed by atoms with E-state index in [9.17, 15) is 9.59 Å². The molecule has 1 aromatic rings. The van der Waals surface area contributed by atoms with Crippen LogP contribution < -0.4 is 5.32 Å². The zero-order valence-corrected chi connectivity index (χ0v) is 13.4. The molecule has 0 aliphatic carbocycles. The van der Waals surface area contributed by atoms with Crippen LogP contribution in [0, 0.1) is 0 Å². The molecule has 1 N–H and O–H groups in total. The van der Waals surface area contributed by atoms with Crippen LogP contribution in [0.4, 0.5) is 0 Å². The topological polar surface area (TPSA) is 60.3 Å². The molecule has 0 aliphatic heterocycles. The minimum absolute atomic E-state index is 0.313. The van der Waals surface area contributed by atoms with Crippen molar-refractivity contribution in [3.63, 3.8) is 0 Å². The van der Waals surface area contributed by atoms with Crippen LogP contribution in [-0.4, -0.2) is 28.1 Å². The number of nitrogens with one attached hydrogen (secondary N) is 1. The summed E-state index contributed by atoms with van der Waals surface area (Å²) >= 11 is 3.29. The number of esters is 1. The van der Waals surface area contributed by atoms with Gasteiger partial charge in [0.1, 0.15) is 17.3 Å². The van der Waals surface area contributed by atoms with E-state index < -0.39 is 17.6 Å². The van der Waals surface area contributed by atoms with Gasteiger partial charge in [0.15, 0.2) is 0 Å². The van der Waals surface area contributed by atoms with Gasteiger partial charge in [0.25, 0.3) is 5.91 Å². The maximum Gasteiger partial charge on any atom is 0.328 e. The summed E-state index contributed by atoms with van der Waals surface area (Å²) in [5.74, 6) is -0.763. The van der Waals surface area contributed by atoms with Crippen LogP contribution in [0.15, 0.2) is 16.7 Å². The van der Waals surface area contributed by atoms with Crippen molar-refractivity contribution in [1.82, 2.24) is 9.88 Å². The third kappa shape index (κ3) is 4.70. The third-order valence-corrected chi connectivity index (χ3v) is 2.75. The largest absolute Gasteiger partial charge is 0.458 e. The number of rotatable bonds is 3. The molecule has 1 atom stereocenters. The molecule has 6 heteroatoms. The summed E-state index contributed by atoms with van der Waals surface area (Å²) in [5, 5.41) is 2.62. The molecule has 0 fully saturated rings. The Labute approximate surface area is 121 Å². The number of carbonyl (C=O) groups is 2. The van der Waals surface area contributed by atoms with E-state index in [0.29, 0.717) is 5.69 Å². The van der Waals surface area contributed by atoms with Crippen LogP contribution in [0.1, 0.15) is 38.2 Å². The molecule has 0 spiro atoms. The Balaban J connectivity index is 2.67. The number of aromatic nitrogens is 1. The Bertz CT molecular complexity index is 489. The van der Waals surface area contributed by atoms with E-state index in [2.05, 4.69) is 21.2 Å². The average Bonchev–Trinajstić information content (AvgIpc) is 2.55. The SMILES string of the molecule is C[C@H](NC(=O)c1cc(Br)cn1C)C(=O)OC(C)(C)C. The molecular weight excluding hydrogens is 312 g/mol. The van der Waals surface area contributed by atoms with Crippen LogP contribution in [-0.2, 0) is 16.6 Å². The smallest absolute Gasteiger partial charge is 0.328 e. The van der Waals surface area contributed by atoms with E-state index in [0.717, 1.165) is 4.47 Å². The quantitative estimate of drug-likeness (QED) is 0.864. The Kier molecular flexibility index (Phi) is 4.79. The second-order valence-corrected chi connectivity index (χ2v) is 6.30. The van der Waals surface area contributed by atoms with Gasteiger partial charge in [0.05, 0.1) is 0 Å². The number of amides is 1. The lowest BCUT2D eigenvalue weighted by Crippen LogP contribution is -2.42. The summed E-state index contributed by atoms with van der Waals surface area (Å²) in [7, 11) is 1.76. The predicted molar refractivity (Wildman–Crippen MR) is 75.9 cm³/mol. The molecule has 1 aromatic heterocycles. The van der Waals surface area contributed by atoms with Gasteiger partial charge in [0, 0.05) is 17.7 Å². The first-order valence-electron chi connectivity index (χ1n) is 5.96. The van der Waals surface area contributed by atoms with Crippen LogP contribution >= 0.6 is 15.9 Å². The van der Waals surface area contributed by atoms with Gasteiger partial charge >= 0.3 is 5.97 Å². The lowest BCUT2D eigenvalue weighted by Gasteiger charge is -2.22. The molecule has 1 amide bonds. The monoisotopic (exact) mass is 330 g/mol. The highest BCUT2D eigenvalue weighted by Gasteiger charge is 2.24. The van der Waals surface area contributed by atoms with Crippen molar-refractivity contribution in [1.29, 1.82) is 0 Å². The molecule has 106 valence electrons. The Morgan fingerprint density at radius 2 is 2.00 bits per heavy atom. The fraction of sp³-hybridized carbons (Fsp3) is 0.538. The van der Waals surface area contributed by atoms with Crippen LogP contribution in [0.25, 0.3) is 0 Å². The second kappa shape index (κ2) is 5.77. The van der Waals surface area contributed by atoms with Crippen molar-refractivity contribution in [2.24, 2.45) is 7.05 Å². The Hall–Kier alpha value is -1.30. The van der Waals surface area contributed by atoms with Gasteiger partial charge in [-0.25, -0.2) is 4.79 Å². The standard InChI is InChI=1S/C13H19BrN2O3/c1-8(12(18)19-13(2,3)4)15-11(17)10-6-9(14)7-16(10)5/h6-8H,1-5H3,(H,15,17)/t8-/m0/s1. The van der Waals surface area contributed by atoms with Crippen molar-refractivity contribution in [2.45, 2.75) is 39.3 Å². The molecule has 0 saturated carbocycles. The van der Waals surface area contributed by atoms with Crippen molar-refractivity contribution in [3.05, 3.63) is 22.4 Å². The minimum atomic E-state index is -0.694. The summed E-state index contributed by atoms with van der Waals surface area (Å²) in [6, 6.07) is 0.998. The highest BCUT2D eigenvalue weighted by atomic mass is 79.9. The number of hydrogen-bond donors (Lipinski definition) is 1. The molecule has 0 bridgehead atoms. The summed E-state index contributed by atoms with van der Waals surface area (Å²) in [4.78, 5) is 23.8. The molecule has 0 unspecified atom stereocenters. The van der Waals surface area contributed by atoms with E-state index in [1.165, 1.54) is 0 Å². The van der Waals surface area contributed by atoms with E-state index in [4.69, 9.17) is 4.74 Å². The van der Waals surface area contributed by atoms with Crippen LogP contribution in [0.5, 0.6) is 0 Å². The van der Waals surface area contributed by atoms with E-state index in [1.807, 2.05) is 0 Å². The minimum Gasteiger partial charge on any atom is -0.458 e. The van der Waals surface area contributed by atoms with Crippen LogP contribution in [0.2, 0.25) is 0 Å². The van der Waals surface area contributed by atoms with Gasteiger partial charge < -0.3 is 14.6 Å². The first-order chi connectivity index (χ1) is 8.60. The molecule has 0 radical (unpaired) electrons. The number of ether oxygens (including phenoxy) is 1. The normalized spacial score (nSPS) is 12.9. The maximum absolute atomic E-state index is 12.0. The van der Waals surface area contributed by atoms with Crippen LogP contribution in [0.3, 0.4) is 0 Å². The summed E-state index contributed by atoms with van der Waals surface area (Å²) in [6.45, 7) is 6.96. The van der Waals surface area contributed by atoms with Gasteiger partial charge in [-0.2, -0.15) is 0 Å². The van der Waals surface area contributed by atoms with Gasteiger partial charge in [-0.05, 0) is 49.7 Å². The Morgan fingerprint density at radius 3 is 2.42 bits per heavy atom. The molecule has 0 aliphatic rings. The zero-order chi connectivity index (χ0) is 14.8. The van der Waals surface area contributed by atoms with Crippen molar-refractivity contribution >= 4 is 27.8 Å². The van der Waals surface area contributed by atoms with Gasteiger partial charge in [0.2, 0.25) is 0 Å². The molecule has 0 aromatic carbocycles. The maximum atomic E-state index is 12.0. The highest BCUT2D eigenvalue weighted by Crippen LogP contribution is 2.14. The highest BCUT2D eigenvalue weighted by molar-refractivity contribution is 9.10. The average molecular weight is 331 g/mol. The first kappa shape index (κ1) is 15.8. The van der Waals surface area contributed by atoms with Crippen molar-refractivity contribution in [2.75, 3.05) is 0 Å². The molecule has 19 heavy (non-hydrogen) atoms. The van der Waals surface area contributed by atoms with E-state index in [1.54, 1.807) is 51.6 Å². The number of aryl methyl sites for hydroxylation is 1. The predicted octanol–water partition coefficient (Wildman–Crippen LogP) is 2.25. The van der Waals surface area contributed by atoms with Gasteiger partial charge in [-0.1, -0.05) is 0 Å². The molecule has 1 heterocycles. The number of halogens is 1. The lowest BCUT2D eigenvalue weighted by molar-refractivity contribution is -0.156. The van der Waals surface area contributed by atoms with Crippen molar-refractivity contribution < 1.29 is 14.3 Å². The fourth-order valence-corrected chi connectivity index (χ4v) is 1.99. The molecule has 5 nitrogen and oxygen atoms in total. The lowest BCUT2D eigenvalue weighted by atomic mass is 10.2. The fourth-order valence-electron chi connectivity index (χ4n) is 1.47. The van der Waals surface area contributed by atoms with Crippen molar-refractivity contribution in [3.8, 4) is 0 Å². The van der Waals surface area contributed by atoms with E-state index >= 15 is 0 Å². The molecule has 0 saturated heterocycles. The molecular formula is C13H19BrN2O3.